The first-order chi connectivity index (χ1) is 24.5. The first-order valence-corrected chi connectivity index (χ1v) is 21.2. The van der Waals surface area contributed by atoms with E-state index in [-0.39, 0.29) is 24.9 Å². The van der Waals surface area contributed by atoms with Crippen LogP contribution in [0.15, 0.2) is 36.5 Å². The van der Waals surface area contributed by atoms with Crippen molar-refractivity contribution in [2.75, 3.05) is 6.61 Å². The van der Waals surface area contributed by atoms with Gasteiger partial charge < -0.3 is 20.3 Å². The van der Waals surface area contributed by atoms with Crippen LogP contribution in [0, 0.1) is 0 Å². The largest absolute Gasteiger partial charge is 0.458 e. The van der Waals surface area contributed by atoms with Crippen LogP contribution in [0.25, 0.3) is 0 Å². The van der Waals surface area contributed by atoms with Crippen molar-refractivity contribution in [3.8, 4) is 0 Å². The predicted molar refractivity (Wildman–Crippen MR) is 213 cm³/mol. The predicted octanol–water partition coefficient (Wildman–Crippen LogP) is 11.8. The van der Waals surface area contributed by atoms with Crippen LogP contribution in [-0.2, 0) is 14.3 Å². The van der Waals surface area contributed by atoms with Crippen LogP contribution in [0.4, 0.5) is 0 Å². The number of ether oxygens (including phenoxy) is 1. The standard InChI is InChI=1S/C44H81NO5/c1-4-7-10-13-16-19-21-24-26-29-32-35-40(50-44(49)37-34-31-28-25-22-20-17-14-11-8-5-2)38-43(48)45-41(39-46)42(47)36-33-30-27-23-18-15-12-9-6-3/h14,17,24,26,32,35,40-42,46-47H,4-13,15-16,18-23,25,27-31,33-34,36-39H2,1-3H3,(H,45,48)/b17-14-,26-24-,35-32+. The van der Waals surface area contributed by atoms with Crippen LogP contribution >= 0.6 is 0 Å². The van der Waals surface area contributed by atoms with Gasteiger partial charge in [0.15, 0.2) is 0 Å². The molecule has 292 valence electrons. The summed E-state index contributed by atoms with van der Waals surface area (Å²) in [6.45, 7) is 6.36. The van der Waals surface area contributed by atoms with E-state index in [1.807, 2.05) is 12.2 Å². The molecule has 0 saturated carbocycles. The summed E-state index contributed by atoms with van der Waals surface area (Å²) in [4.78, 5) is 25.8. The molecule has 0 rings (SSSR count). The van der Waals surface area contributed by atoms with Crippen molar-refractivity contribution in [3.05, 3.63) is 36.5 Å². The highest BCUT2D eigenvalue weighted by Crippen LogP contribution is 2.14. The molecule has 0 aromatic carbocycles. The highest BCUT2D eigenvalue weighted by atomic mass is 16.5. The van der Waals surface area contributed by atoms with Crippen LogP contribution < -0.4 is 5.32 Å². The van der Waals surface area contributed by atoms with E-state index in [4.69, 9.17) is 4.74 Å². The summed E-state index contributed by atoms with van der Waals surface area (Å²) in [5.41, 5.74) is 0. The second kappa shape index (κ2) is 38.3. The topological polar surface area (TPSA) is 95.9 Å². The van der Waals surface area contributed by atoms with Crippen LogP contribution in [0.2, 0.25) is 0 Å². The smallest absolute Gasteiger partial charge is 0.306 e. The monoisotopic (exact) mass is 704 g/mol. The van der Waals surface area contributed by atoms with E-state index >= 15 is 0 Å². The van der Waals surface area contributed by atoms with Gasteiger partial charge in [0.05, 0.1) is 25.2 Å². The van der Waals surface area contributed by atoms with Gasteiger partial charge in [0.2, 0.25) is 5.91 Å². The number of hydrogen-bond donors (Lipinski definition) is 3. The Balaban J connectivity index is 4.73. The highest BCUT2D eigenvalue weighted by Gasteiger charge is 2.23. The van der Waals surface area contributed by atoms with E-state index in [9.17, 15) is 19.8 Å². The van der Waals surface area contributed by atoms with Gasteiger partial charge in [0.25, 0.3) is 0 Å². The SMILES string of the molecule is CCCC/C=C\CCCCCCCC(=O)OC(/C=C/C/C=C\CCCCCCCC)CC(=O)NC(CO)C(O)CCCCCCCCCCC. The number of esters is 1. The van der Waals surface area contributed by atoms with E-state index in [0.29, 0.717) is 12.8 Å². The van der Waals surface area contributed by atoms with Gasteiger partial charge in [-0.1, -0.05) is 173 Å². The molecular formula is C44H81NO5. The number of aliphatic hydroxyl groups is 2. The van der Waals surface area contributed by atoms with E-state index in [1.54, 1.807) is 0 Å². The number of amides is 1. The molecule has 0 aromatic rings. The Labute approximate surface area is 309 Å². The van der Waals surface area contributed by atoms with Gasteiger partial charge in [-0.25, -0.2) is 0 Å². The number of unbranched alkanes of at least 4 members (excludes halogenated alkanes) is 21. The van der Waals surface area contributed by atoms with Gasteiger partial charge in [-0.05, 0) is 57.4 Å². The average molecular weight is 704 g/mol. The molecule has 3 N–H and O–H groups in total. The Hall–Kier alpha value is -1.92. The minimum atomic E-state index is -0.807. The number of allylic oxidation sites excluding steroid dienone is 5. The summed E-state index contributed by atoms with van der Waals surface area (Å²) in [5, 5.41) is 23.4. The van der Waals surface area contributed by atoms with Gasteiger partial charge in [-0.2, -0.15) is 0 Å². The molecule has 0 spiro atoms. The highest BCUT2D eigenvalue weighted by molar-refractivity contribution is 5.78. The van der Waals surface area contributed by atoms with Crippen molar-refractivity contribution < 1.29 is 24.5 Å². The molecule has 50 heavy (non-hydrogen) atoms. The lowest BCUT2D eigenvalue weighted by atomic mass is 10.0. The Kier molecular flexibility index (Phi) is 36.8. The summed E-state index contributed by atoms with van der Waals surface area (Å²) in [5.74, 6) is -0.617. The average Bonchev–Trinajstić information content (AvgIpc) is 3.10. The molecule has 0 aliphatic rings. The third-order valence-corrected chi connectivity index (χ3v) is 9.44. The molecule has 0 aromatic heterocycles. The summed E-state index contributed by atoms with van der Waals surface area (Å²) >= 11 is 0. The Morgan fingerprint density at radius 2 is 1.08 bits per heavy atom. The molecule has 3 atom stereocenters. The Bertz CT molecular complexity index is 838. The van der Waals surface area contributed by atoms with Gasteiger partial charge in [-0.3, -0.25) is 9.59 Å². The van der Waals surface area contributed by atoms with Crippen LogP contribution in [-0.4, -0.2) is 46.9 Å². The van der Waals surface area contributed by atoms with Crippen molar-refractivity contribution >= 4 is 11.9 Å². The number of aliphatic hydroxyl groups excluding tert-OH is 2. The molecular weight excluding hydrogens is 622 g/mol. The number of rotatable bonds is 37. The maximum absolute atomic E-state index is 13.0. The quantitative estimate of drug-likeness (QED) is 0.0340. The van der Waals surface area contributed by atoms with Crippen molar-refractivity contribution in [3.63, 3.8) is 0 Å². The third-order valence-electron chi connectivity index (χ3n) is 9.44. The number of nitrogens with one attached hydrogen (secondary N) is 1. The molecule has 3 unspecified atom stereocenters. The van der Waals surface area contributed by atoms with Crippen molar-refractivity contribution in [2.45, 2.75) is 225 Å². The molecule has 0 aliphatic carbocycles. The van der Waals surface area contributed by atoms with E-state index in [2.05, 4.69) is 50.4 Å². The van der Waals surface area contributed by atoms with Gasteiger partial charge in [-0.15, -0.1) is 0 Å². The fourth-order valence-corrected chi connectivity index (χ4v) is 6.14. The van der Waals surface area contributed by atoms with Crippen LogP contribution in [0.1, 0.15) is 207 Å². The molecule has 0 bridgehead atoms. The van der Waals surface area contributed by atoms with Crippen LogP contribution in [0.5, 0.6) is 0 Å². The lowest BCUT2D eigenvalue weighted by Gasteiger charge is -2.23. The maximum atomic E-state index is 13.0. The number of carbonyl (C=O) groups excluding carboxylic acids is 2. The molecule has 0 aliphatic heterocycles. The molecule has 0 radical (unpaired) electrons. The van der Waals surface area contributed by atoms with Crippen molar-refractivity contribution in [1.82, 2.24) is 5.32 Å². The van der Waals surface area contributed by atoms with Crippen molar-refractivity contribution in [1.29, 1.82) is 0 Å². The summed E-state index contributed by atoms with van der Waals surface area (Å²) in [6, 6.07) is -0.728. The Morgan fingerprint density at radius 1 is 0.600 bits per heavy atom. The molecule has 0 fully saturated rings. The van der Waals surface area contributed by atoms with Crippen LogP contribution in [0.3, 0.4) is 0 Å². The normalized spacial score (nSPS) is 13.8. The third kappa shape index (κ3) is 33.2. The molecule has 6 nitrogen and oxygen atoms in total. The Morgan fingerprint density at radius 3 is 1.64 bits per heavy atom. The second-order valence-corrected chi connectivity index (χ2v) is 14.4. The fraction of sp³-hybridized carbons (Fsp3) is 0.818. The zero-order chi connectivity index (χ0) is 36.8. The second-order valence-electron chi connectivity index (χ2n) is 14.4. The maximum Gasteiger partial charge on any atom is 0.306 e. The van der Waals surface area contributed by atoms with E-state index < -0.39 is 18.2 Å². The van der Waals surface area contributed by atoms with Gasteiger partial charge in [0, 0.05) is 6.42 Å². The van der Waals surface area contributed by atoms with E-state index in [0.717, 1.165) is 57.8 Å². The first-order valence-electron chi connectivity index (χ1n) is 21.2. The zero-order valence-electron chi connectivity index (χ0n) is 33.0. The molecule has 1 amide bonds. The van der Waals surface area contributed by atoms with E-state index in [1.165, 1.54) is 109 Å². The zero-order valence-corrected chi connectivity index (χ0v) is 33.0. The molecule has 6 heteroatoms. The summed E-state index contributed by atoms with van der Waals surface area (Å²) in [7, 11) is 0. The molecule has 0 heterocycles. The minimum Gasteiger partial charge on any atom is -0.458 e. The fourth-order valence-electron chi connectivity index (χ4n) is 6.14. The summed E-state index contributed by atoms with van der Waals surface area (Å²) in [6.07, 6.45) is 42.4. The lowest BCUT2D eigenvalue weighted by molar-refractivity contribution is -0.148. The number of carbonyl (C=O) groups is 2. The van der Waals surface area contributed by atoms with Gasteiger partial charge >= 0.3 is 5.97 Å². The lowest BCUT2D eigenvalue weighted by Crippen LogP contribution is -2.46. The van der Waals surface area contributed by atoms with Crippen molar-refractivity contribution in [2.24, 2.45) is 0 Å². The summed E-state index contributed by atoms with van der Waals surface area (Å²) < 4.78 is 5.77. The number of hydrogen-bond acceptors (Lipinski definition) is 5. The minimum absolute atomic E-state index is 0.0310. The van der Waals surface area contributed by atoms with Gasteiger partial charge in [0.1, 0.15) is 6.10 Å². The first kappa shape index (κ1) is 48.1. The molecule has 0 saturated heterocycles.